The minimum atomic E-state index is -4.47. The summed E-state index contributed by atoms with van der Waals surface area (Å²) in [6.45, 7) is 10.0. The molecule has 1 atom stereocenters. The van der Waals surface area contributed by atoms with E-state index < -0.39 is 17.6 Å². The van der Waals surface area contributed by atoms with Gasteiger partial charge in [-0.1, -0.05) is 69.3 Å². The first-order valence-corrected chi connectivity index (χ1v) is 13.9. The van der Waals surface area contributed by atoms with Gasteiger partial charge in [0.05, 0.1) is 5.56 Å². The second-order valence-electron chi connectivity index (χ2n) is 11.0. The van der Waals surface area contributed by atoms with Crippen molar-refractivity contribution in [1.82, 2.24) is 0 Å². The molecular formula is C35H35F3N2O2. The number of hydrogen-bond acceptors (Lipinski definition) is 2. The molecule has 0 bridgehead atoms. The Bertz CT molecular complexity index is 1570. The minimum absolute atomic E-state index is 0.0384. The summed E-state index contributed by atoms with van der Waals surface area (Å²) in [6.07, 6.45) is -3.87. The van der Waals surface area contributed by atoms with E-state index >= 15 is 0 Å². The number of alkyl halides is 3. The van der Waals surface area contributed by atoms with Gasteiger partial charge in [-0.25, -0.2) is 0 Å². The monoisotopic (exact) mass is 572 g/mol. The fourth-order valence-corrected chi connectivity index (χ4v) is 5.12. The van der Waals surface area contributed by atoms with Crippen LogP contribution in [0.15, 0.2) is 84.9 Å². The predicted molar refractivity (Wildman–Crippen MR) is 162 cm³/mol. The average Bonchev–Trinajstić information content (AvgIpc) is 2.94. The third-order valence-corrected chi connectivity index (χ3v) is 7.45. The molecule has 42 heavy (non-hydrogen) atoms. The highest BCUT2D eigenvalue weighted by molar-refractivity contribution is 6.06. The van der Waals surface area contributed by atoms with Crippen molar-refractivity contribution in [3.8, 4) is 0 Å². The van der Waals surface area contributed by atoms with Gasteiger partial charge in [0, 0.05) is 22.5 Å². The summed E-state index contributed by atoms with van der Waals surface area (Å²) < 4.78 is 39.0. The van der Waals surface area contributed by atoms with Gasteiger partial charge in [0.25, 0.3) is 11.8 Å². The van der Waals surface area contributed by atoms with Crippen molar-refractivity contribution in [2.75, 3.05) is 10.6 Å². The molecule has 0 saturated heterocycles. The SMILES string of the molecule is Cc1cccc(C)c1NC(=O)c1cccc(CC(C)c2cccc(C(C)C)c2NC(=O)c2ccc(C(F)(F)F)cc2)c1. The van der Waals surface area contributed by atoms with Crippen LogP contribution < -0.4 is 10.6 Å². The van der Waals surface area contributed by atoms with Crippen molar-refractivity contribution in [2.24, 2.45) is 0 Å². The number of halogens is 3. The molecule has 4 aromatic rings. The molecule has 2 amide bonds. The lowest BCUT2D eigenvalue weighted by Crippen LogP contribution is -2.17. The molecule has 0 aliphatic rings. The Morgan fingerprint density at radius 3 is 1.86 bits per heavy atom. The van der Waals surface area contributed by atoms with Gasteiger partial charge in [-0.15, -0.1) is 0 Å². The topological polar surface area (TPSA) is 58.2 Å². The number of amides is 2. The van der Waals surface area contributed by atoms with Gasteiger partial charge in [-0.3, -0.25) is 9.59 Å². The number of benzene rings is 4. The quantitative estimate of drug-likeness (QED) is 0.221. The highest BCUT2D eigenvalue weighted by atomic mass is 19.4. The smallest absolute Gasteiger partial charge is 0.322 e. The molecule has 0 aliphatic heterocycles. The van der Waals surface area contributed by atoms with Gasteiger partial charge in [0.15, 0.2) is 0 Å². The molecule has 0 fully saturated rings. The lowest BCUT2D eigenvalue weighted by Gasteiger charge is -2.22. The van der Waals surface area contributed by atoms with E-state index in [4.69, 9.17) is 0 Å². The normalized spacial score (nSPS) is 12.2. The average molecular weight is 573 g/mol. The zero-order valence-electron chi connectivity index (χ0n) is 24.4. The maximum atomic E-state index is 13.2. The molecule has 0 saturated carbocycles. The van der Waals surface area contributed by atoms with E-state index in [-0.39, 0.29) is 23.3 Å². The van der Waals surface area contributed by atoms with Gasteiger partial charge < -0.3 is 10.6 Å². The number of hydrogen-bond donors (Lipinski definition) is 2. The number of para-hydroxylation sites is 2. The van der Waals surface area contributed by atoms with Crippen molar-refractivity contribution in [3.63, 3.8) is 0 Å². The van der Waals surface area contributed by atoms with Crippen LogP contribution in [0.5, 0.6) is 0 Å². The Balaban J connectivity index is 1.57. The lowest BCUT2D eigenvalue weighted by molar-refractivity contribution is -0.137. The van der Waals surface area contributed by atoms with Crippen LogP contribution in [0.3, 0.4) is 0 Å². The molecule has 0 aromatic heterocycles. The standard InChI is InChI=1S/C35H35F3N2O2/c1-21(2)29-13-8-14-30(32(29)40-33(41)26-15-17-28(18-16-26)35(36,37)38)24(5)19-25-11-7-12-27(20-25)34(42)39-31-22(3)9-6-10-23(31)4/h6-18,20-21,24H,19H2,1-5H3,(H,39,42)(H,40,41). The maximum Gasteiger partial charge on any atom is 0.416 e. The fourth-order valence-electron chi connectivity index (χ4n) is 5.12. The third kappa shape index (κ3) is 7.08. The molecule has 218 valence electrons. The summed E-state index contributed by atoms with van der Waals surface area (Å²) in [4.78, 5) is 26.3. The van der Waals surface area contributed by atoms with Crippen LogP contribution in [0, 0.1) is 13.8 Å². The Labute approximate surface area is 245 Å². The van der Waals surface area contributed by atoms with E-state index in [0.29, 0.717) is 17.7 Å². The van der Waals surface area contributed by atoms with Crippen LogP contribution in [0.25, 0.3) is 0 Å². The molecule has 4 rings (SSSR count). The van der Waals surface area contributed by atoms with Crippen LogP contribution in [0.2, 0.25) is 0 Å². The Morgan fingerprint density at radius 1 is 0.690 bits per heavy atom. The van der Waals surface area contributed by atoms with Gasteiger partial charge in [0.1, 0.15) is 0 Å². The van der Waals surface area contributed by atoms with Crippen LogP contribution in [0.1, 0.15) is 86.7 Å². The van der Waals surface area contributed by atoms with E-state index in [9.17, 15) is 22.8 Å². The molecule has 1 unspecified atom stereocenters. The molecule has 0 heterocycles. The number of carbonyl (C=O) groups excluding carboxylic acids is 2. The zero-order chi connectivity index (χ0) is 30.6. The van der Waals surface area contributed by atoms with E-state index in [1.165, 1.54) is 12.1 Å². The first kappa shape index (κ1) is 30.6. The largest absolute Gasteiger partial charge is 0.416 e. The van der Waals surface area contributed by atoms with E-state index in [1.807, 2.05) is 82.3 Å². The van der Waals surface area contributed by atoms with Crippen LogP contribution in [-0.2, 0) is 12.6 Å². The highest BCUT2D eigenvalue weighted by Gasteiger charge is 2.30. The fraction of sp³-hybridized carbons (Fsp3) is 0.257. The molecule has 4 aromatic carbocycles. The Hall–Kier alpha value is -4.39. The van der Waals surface area contributed by atoms with Crippen molar-refractivity contribution in [3.05, 3.63) is 129 Å². The molecular weight excluding hydrogens is 537 g/mol. The number of rotatable bonds is 8. The molecule has 0 radical (unpaired) electrons. The van der Waals surface area contributed by atoms with Crippen LogP contribution in [-0.4, -0.2) is 11.8 Å². The molecule has 7 heteroatoms. The minimum Gasteiger partial charge on any atom is -0.322 e. The number of carbonyl (C=O) groups is 2. The molecule has 4 nitrogen and oxygen atoms in total. The van der Waals surface area contributed by atoms with Crippen molar-refractivity contribution in [2.45, 2.75) is 59.1 Å². The zero-order valence-corrected chi connectivity index (χ0v) is 24.4. The number of aryl methyl sites for hydroxylation is 2. The molecule has 0 aliphatic carbocycles. The van der Waals surface area contributed by atoms with Crippen molar-refractivity contribution < 1.29 is 22.8 Å². The summed E-state index contributed by atoms with van der Waals surface area (Å²) in [5.74, 6) is -0.607. The van der Waals surface area contributed by atoms with E-state index in [1.54, 1.807) is 6.07 Å². The second-order valence-corrected chi connectivity index (χ2v) is 11.0. The summed E-state index contributed by atoms with van der Waals surface area (Å²) >= 11 is 0. The predicted octanol–water partition coefficient (Wildman–Crippen LogP) is 9.30. The summed E-state index contributed by atoms with van der Waals surface area (Å²) in [7, 11) is 0. The molecule has 2 N–H and O–H groups in total. The first-order chi connectivity index (χ1) is 19.8. The van der Waals surface area contributed by atoms with Crippen molar-refractivity contribution in [1.29, 1.82) is 0 Å². The Morgan fingerprint density at radius 2 is 1.24 bits per heavy atom. The molecule has 0 spiro atoms. The van der Waals surface area contributed by atoms with Crippen molar-refractivity contribution >= 4 is 23.2 Å². The Kier molecular flexibility index (Phi) is 9.20. The lowest BCUT2D eigenvalue weighted by atomic mass is 9.88. The summed E-state index contributed by atoms with van der Waals surface area (Å²) in [5, 5.41) is 6.02. The van der Waals surface area contributed by atoms with E-state index in [2.05, 4.69) is 17.6 Å². The summed E-state index contributed by atoms with van der Waals surface area (Å²) in [6, 6.07) is 23.4. The van der Waals surface area contributed by atoms with Gasteiger partial charge in [-0.2, -0.15) is 13.2 Å². The number of anilines is 2. The van der Waals surface area contributed by atoms with E-state index in [0.717, 1.165) is 45.6 Å². The second kappa shape index (κ2) is 12.6. The van der Waals surface area contributed by atoms with Crippen LogP contribution >= 0.6 is 0 Å². The number of nitrogens with one attached hydrogen (secondary N) is 2. The van der Waals surface area contributed by atoms with Gasteiger partial charge in [0.2, 0.25) is 0 Å². The summed E-state index contributed by atoms with van der Waals surface area (Å²) in [5.41, 5.74) is 6.14. The van der Waals surface area contributed by atoms with Gasteiger partial charge in [-0.05, 0) is 96.3 Å². The third-order valence-electron chi connectivity index (χ3n) is 7.45. The van der Waals surface area contributed by atoms with Crippen LogP contribution in [0.4, 0.5) is 24.5 Å². The highest BCUT2D eigenvalue weighted by Crippen LogP contribution is 2.35. The first-order valence-electron chi connectivity index (χ1n) is 13.9. The van der Waals surface area contributed by atoms with Gasteiger partial charge >= 0.3 is 6.18 Å². The maximum absolute atomic E-state index is 13.2.